The lowest BCUT2D eigenvalue weighted by Crippen LogP contribution is -2.12. The van der Waals surface area contributed by atoms with Crippen molar-refractivity contribution in [2.45, 2.75) is 26.7 Å². The molecule has 0 unspecified atom stereocenters. The number of amides is 1. The Morgan fingerprint density at radius 2 is 1.71 bits per heavy atom. The van der Waals surface area contributed by atoms with E-state index < -0.39 is 0 Å². The molecule has 2 aromatic rings. The topological polar surface area (TPSA) is 38.3 Å². The highest BCUT2D eigenvalue weighted by Gasteiger charge is 2.06. The number of benzene rings is 2. The largest absolute Gasteiger partial charge is 0.494 e. The van der Waals surface area contributed by atoms with Crippen molar-refractivity contribution in [2.24, 2.45) is 0 Å². The van der Waals surface area contributed by atoms with Crippen LogP contribution >= 0.6 is 34.8 Å². The van der Waals surface area contributed by atoms with Crippen molar-refractivity contribution in [3.8, 4) is 5.75 Å². The van der Waals surface area contributed by atoms with Crippen LogP contribution in [0.4, 0.5) is 5.69 Å². The number of anilines is 1. The molecule has 0 aliphatic carbocycles. The maximum atomic E-state index is 11.9. The Hall–Kier alpha value is -1.42. The van der Waals surface area contributed by atoms with E-state index in [4.69, 9.17) is 39.5 Å². The average molecular weight is 387 g/mol. The zero-order valence-corrected chi connectivity index (χ0v) is 15.7. The minimum Gasteiger partial charge on any atom is -0.494 e. The van der Waals surface area contributed by atoms with Crippen LogP contribution in [0, 0.1) is 13.8 Å². The summed E-state index contributed by atoms with van der Waals surface area (Å²) in [5, 5.41) is 4.40. The normalized spacial score (nSPS) is 10.5. The summed E-state index contributed by atoms with van der Waals surface area (Å²) in [6.07, 6.45) is 0.958. The van der Waals surface area contributed by atoms with Crippen LogP contribution < -0.4 is 10.1 Å². The van der Waals surface area contributed by atoms with Gasteiger partial charge in [0.05, 0.1) is 16.7 Å². The number of hydrogen-bond donors (Lipinski definition) is 1. The summed E-state index contributed by atoms with van der Waals surface area (Å²) < 4.78 is 5.68. The van der Waals surface area contributed by atoms with Gasteiger partial charge < -0.3 is 10.1 Å². The predicted molar refractivity (Wildman–Crippen MR) is 101 cm³/mol. The third-order valence-corrected chi connectivity index (χ3v) is 4.77. The Morgan fingerprint density at radius 1 is 1.04 bits per heavy atom. The first-order valence-electron chi connectivity index (χ1n) is 7.51. The molecule has 2 rings (SSSR count). The van der Waals surface area contributed by atoms with Gasteiger partial charge in [-0.1, -0.05) is 34.8 Å². The van der Waals surface area contributed by atoms with Gasteiger partial charge in [-0.3, -0.25) is 4.79 Å². The van der Waals surface area contributed by atoms with Gasteiger partial charge in [0.25, 0.3) is 0 Å². The summed E-state index contributed by atoms with van der Waals surface area (Å²) in [6.45, 7) is 4.33. The maximum Gasteiger partial charge on any atom is 0.224 e. The molecule has 0 fully saturated rings. The third-order valence-electron chi connectivity index (χ3n) is 3.43. The monoisotopic (exact) mass is 385 g/mol. The standard InChI is InChI=1S/C18H18Cl3NO2/c1-11-8-14(9-12(2)18(11)21)24-7-3-4-17(23)22-13-5-6-15(19)16(20)10-13/h5-6,8-10H,3-4,7H2,1-2H3,(H,22,23). The first-order chi connectivity index (χ1) is 11.4. The molecule has 0 saturated heterocycles. The highest BCUT2D eigenvalue weighted by Crippen LogP contribution is 2.26. The van der Waals surface area contributed by atoms with Gasteiger partial charge in [0.1, 0.15) is 5.75 Å². The summed E-state index contributed by atoms with van der Waals surface area (Å²) in [5.74, 6) is 0.666. The second-order valence-electron chi connectivity index (χ2n) is 5.50. The molecule has 0 bridgehead atoms. The average Bonchev–Trinajstić information content (AvgIpc) is 2.52. The molecule has 0 atom stereocenters. The highest BCUT2D eigenvalue weighted by molar-refractivity contribution is 6.42. The fourth-order valence-electron chi connectivity index (χ4n) is 2.21. The number of carbonyl (C=O) groups is 1. The van der Waals surface area contributed by atoms with Crippen LogP contribution in [0.5, 0.6) is 5.75 Å². The van der Waals surface area contributed by atoms with Crippen molar-refractivity contribution in [1.82, 2.24) is 0 Å². The van der Waals surface area contributed by atoms with E-state index in [9.17, 15) is 4.79 Å². The molecule has 6 heteroatoms. The maximum absolute atomic E-state index is 11.9. The van der Waals surface area contributed by atoms with E-state index in [0.717, 1.165) is 21.9 Å². The van der Waals surface area contributed by atoms with Gasteiger partial charge in [0.2, 0.25) is 5.91 Å². The van der Waals surface area contributed by atoms with Crippen molar-refractivity contribution in [2.75, 3.05) is 11.9 Å². The summed E-state index contributed by atoms with van der Waals surface area (Å²) in [6, 6.07) is 8.77. The van der Waals surface area contributed by atoms with Gasteiger partial charge in [-0.15, -0.1) is 0 Å². The van der Waals surface area contributed by atoms with Crippen molar-refractivity contribution in [3.63, 3.8) is 0 Å². The number of nitrogens with one attached hydrogen (secondary N) is 1. The fraction of sp³-hybridized carbons (Fsp3) is 0.278. The Bertz CT molecular complexity index is 724. The van der Waals surface area contributed by atoms with Crippen molar-refractivity contribution in [1.29, 1.82) is 0 Å². The molecule has 0 spiro atoms. The molecule has 2 aromatic carbocycles. The van der Waals surface area contributed by atoms with E-state index in [1.165, 1.54) is 0 Å². The second-order valence-corrected chi connectivity index (χ2v) is 6.69. The van der Waals surface area contributed by atoms with Gasteiger partial charge in [0.15, 0.2) is 0 Å². The van der Waals surface area contributed by atoms with Crippen LogP contribution in [0.15, 0.2) is 30.3 Å². The van der Waals surface area contributed by atoms with Crippen molar-refractivity contribution >= 4 is 46.4 Å². The van der Waals surface area contributed by atoms with E-state index in [0.29, 0.717) is 35.2 Å². The zero-order chi connectivity index (χ0) is 17.7. The first kappa shape index (κ1) is 18.9. The number of ether oxygens (including phenoxy) is 1. The van der Waals surface area contributed by atoms with Crippen LogP contribution in [-0.4, -0.2) is 12.5 Å². The molecule has 0 aliphatic heterocycles. The number of halogens is 3. The van der Waals surface area contributed by atoms with Crippen molar-refractivity contribution in [3.05, 3.63) is 56.5 Å². The van der Waals surface area contributed by atoms with E-state index in [1.54, 1.807) is 18.2 Å². The predicted octanol–water partition coefficient (Wildman–Crippen LogP) is 6.06. The molecule has 128 valence electrons. The number of hydrogen-bond acceptors (Lipinski definition) is 2. The lowest BCUT2D eigenvalue weighted by Gasteiger charge is -2.10. The molecular weight excluding hydrogens is 369 g/mol. The van der Waals surface area contributed by atoms with Crippen LogP contribution in [0.1, 0.15) is 24.0 Å². The summed E-state index contributed by atoms with van der Waals surface area (Å²) >= 11 is 17.9. The zero-order valence-electron chi connectivity index (χ0n) is 13.5. The summed E-state index contributed by atoms with van der Waals surface area (Å²) in [4.78, 5) is 11.9. The van der Waals surface area contributed by atoms with E-state index >= 15 is 0 Å². The molecule has 3 nitrogen and oxygen atoms in total. The molecular formula is C18H18Cl3NO2. The first-order valence-corrected chi connectivity index (χ1v) is 8.64. The molecule has 24 heavy (non-hydrogen) atoms. The van der Waals surface area contributed by atoms with Gasteiger partial charge in [0, 0.05) is 17.1 Å². The van der Waals surface area contributed by atoms with E-state index in [1.807, 2.05) is 26.0 Å². The molecule has 0 radical (unpaired) electrons. The lowest BCUT2D eigenvalue weighted by atomic mass is 10.1. The van der Waals surface area contributed by atoms with E-state index in [2.05, 4.69) is 5.32 Å². The smallest absolute Gasteiger partial charge is 0.224 e. The lowest BCUT2D eigenvalue weighted by molar-refractivity contribution is -0.116. The van der Waals surface area contributed by atoms with E-state index in [-0.39, 0.29) is 5.91 Å². The highest BCUT2D eigenvalue weighted by atomic mass is 35.5. The Labute approximate surface area is 156 Å². The number of rotatable bonds is 6. The molecule has 1 N–H and O–H groups in total. The van der Waals surface area contributed by atoms with Crippen LogP contribution in [0.3, 0.4) is 0 Å². The molecule has 0 aromatic heterocycles. The third kappa shape index (κ3) is 5.30. The molecule has 1 amide bonds. The van der Waals surface area contributed by atoms with Gasteiger partial charge in [-0.05, 0) is 61.7 Å². The van der Waals surface area contributed by atoms with Crippen molar-refractivity contribution < 1.29 is 9.53 Å². The second kappa shape index (κ2) is 8.61. The Kier molecular flexibility index (Phi) is 6.79. The number of aryl methyl sites for hydroxylation is 2. The quantitative estimate of drug-likeness (QED) is 0.613. The fourth-order valence-corrected chi connectivity index (χ4v) is 2.62. The minimum atomic E-state index is -0.0968. The summed E-state index contributed by atoms with van der Waals surface area (Å²) in [7, 11) is 0. The minimum absolute atomic E-state index is 0.0968. The molecule has 0 heterocycles. The molecule has 0 saturated carbocycles. The van der Waals surface area contributed by atoms with Crippen LogP contribution in [0.25, 0.3) is 0 Å². The van der Waals surface area contributed by atoms with Gasteiger partial charge >= 0.3 is 0 Å². The Balaban J connectivity index is 1.77. The van der Waals surface area contributed by atoms with Gasteiger partial charge in [-0.2, -0.15) is 0 Å². The van der Waals surface area contributed by atoms with Crippen LogP contribution in [-0.2, 0) is 4.79 Å². The molecule has 0 aliphatic rings. The summed E-state index contributed by atoms with van der Waals surface area (Å²) in [5.41, 5.74) is 2.58. The van der Waals surface area contributed by atoms with Gasteiger partial charge in [-0.25, -0.2) is 0 Å². The Morgan fingerprint density at radius 3 is 2.33 bits per heavy atom. The SMILES string of the molecule is Cc1cc(OCCCC(=O)Nc2ccc(Cl)c(Cl)c2)cc(C)c1Cl. The van der Waals surface area contributed by atoms with Crippen LogP contribution in [0.2, 0.25) is 15.1 Å². The number of carbonyl (C=O) groups excluding carboxylic acids is 1.